The van der Waals surface area contributed by atoms with Crippen molar-refractivity contribution in [3.8, 4) is 0 Å². The first-order chi connectivity index (χ1) is 18.0. The van der Waals surface area contributed by atoms with Gasteiger partial charge >= 0.3 is 5.97 Å². The van der Waals surface area contributed by atoms with Gasteiger partial charge in [0.15, 0.2) is 5.96 Å². The summed E-state index contributed by atoms with van der Waals surface area (Å²) in [5.41, 5.74) is 6.02. The lowest BCUT2D eigenvalue weighted by Gasteiger charge is -2.55. The number of sulfonamides is 1. The number of benzene rings is 2. The average molecular weight is 540 g/mol. The Bertz CT molecular complexity index is 1340. The van der Waals surface area contributed by atoms with Gasteiger partial charge in [0.1, 0.15) is 0 Å². The van der Waals surface area contributed by atoms with Crippen LogP contribution in [0.25, 0.3) is 0 Å². The summed E-state index contributed by atoms with van der Waals surface area (Å²) in [6.45, 7) is 0. The molecular weight excluding hydrogens is 506 g/mol. The van der Waals surface area contributed by atoms with Gasteiger partial charge in [-0.1, -0.05) is 18.2 Å². The number of hydrogen-bond acceptors (Lipinski definition) is 5. The van der Waals surface area contributed by atoms with E-state index < -0.39 is 27.4 Å². The molecule has 202 valence electrons. The van der Waals surface area contributed by atoms with Gasteiger partial charge in [0.2, 0.25) is 5.91 Å². The number of guanidine groups is 1. The zero-order valence-corrected chi connectivity index (χ0v) is 21.8. The Morgan fingerprint density at radius 2 is 1.61 bits per heavy atom. The minimum atomic E-state index is -4.00. The van der Waals surface area contributed by atoms with Gasteiger partial charge in [-0.2, -0.15) is 0 Å². The summed E-state index contributed by atoms with van der Waals surface area (Å²) in [4.78, 5) is 25.3. The van der Waals surface area contributed by atoms with Gasteiger partial charge in [-0.25, -0.2) is 8.42 Å². The van der Waals surface area contributed by atoms with Crippen molar-refractivity contribution < 1.29 is 23.1 Å². The molecule has 6 rings (SSSR count). The lowest BCUT2D eigenvalue weighted by atomic mass is 9.49. The largest absolute Gasteiger partial charge is 0.481 e. The molecule has 1 atom stereocenters. The summed E-state index contributed by atoms with van der Waals surface area (Å²) in [5, 5.41) is 22.5. The zero-order chi connectivity index (χ0) is 27.1. The van der Waals surface area contributed by atoms with Gasteiger partial charge in [-0.3, -0.25) is 19.7 Å². The fraction of sp³-hybridized carbons (Fsp3) is 0.444. The summed E-state index contributed by atoms with van der Waals surface area (Å²) in [5.74, 6) is 0.274. The second-order valence-electron chi connectivity index (χ2n) is 11.1. The predicted molar refractivity (Wildman–Crippen MR) is 143 cm³/mol. The number of aliphatic carboxylic acids is 1. The molecule has 4 aliphatic rings. The molecular formula is C27H33N5O5S. The van der Waals surface area contributed by atoms with Crippen molar-refractivity contribution in [2.45, 2.75) is 55.9 Å². The molecule has 0 heterocycles. The Hall–Kier alpha value is -3.60. The summed E-state index contributed by atoms with van der Waals surface area (Å²) in [6, 6.07) is 11.5. The molecule has 0 aromatic heterocycles. The second kappa shape index (κ2) is 9.94. The second-order valence-corrected chi connectivity index (χ2v) is 12.8. The first-order valence-corrected chi connectivity index (χ1v) is 14.4. The van der Waals surface area contributed by atoms with Crippen LogP contribution in [0.4, 0.5) is 11.4 Å². The van der Waals surface area contributed by atoms with Crippen LogP contribution >= 0.6 is 0 Å². The van der Waals surface area contributed by atoms with Crippen LogP contribution in [-0.4, -0.2) is 31.4 Å². The Labute approximate surface area is 221 Å². The minimum absolute atomic E-state index is 0.0358. The SMILES string of the molecule is N=C(N)Nc1cccc(S(=O)(=O)Nc2cccc(C(CC(=O)O)NC(=O)C34CC5CC(CC(C5)C3)C4)c2)c1. The number of amides is 1. The van der Waals surface area contributed by atoms with Crippen molar-refractivity contribution in [3.63, 3.8) is 0 Å². The maximum Gasteiger partial charge on any atom is 0.305 e. The summed E-state index contributed by atoms with van der Waals surface area (Å²) >= 11 is 0. The van der Waals surface area contributed by atoms with Gasteiger partial charge in [-0.15, -0.1) is 0 Å². The summed E-state index contributed by atoms with van der Waals surface area (Å²) in [7, 11) is -4.00. The fourth-order valence-corrected chi connectivity index (χ4v) is 8.15. The van der Waals surface area contributed by atoms with Crippen LogP contribution in [0.5, 0.6) is 0 Å². The van der Waals surface area contributed by atoms with Crippen LogP contribution in [0.3, 0.4) is 0 Å². The molecule has 4 bridgehead atoms. The number of nitrogens with one attached hydrogen (secondary N) is 4. The Morgan fingerprint density at radius 1 is 1.00 bits per heavy atom. The van der Waals surface area contributed by atoms with E-state index in [1.807, 2.05) is 0 Å². The van der Waals surface area contributed by atoms with Crippen LogP contribution in [0.2, 0.25) is 0 Å². The van der Waals surface area contributed by atoms with Crippen molar-refractivity contribution in [2.75, 3.05) is 10.0 Å². The maximum absolute atomic E-state index is 13.6. The number of rotatable bonds is 9. The van der Waals surface area contributed by atoms with E-state index in [-0.39, 0.29) is 28.9 Å². The molecule has 0 spiro atoms. The smallest absolute Gasteiger partial charge is 0.305 e. The Balaban J connectivity index is 1.35. The summed E-state index contributed by atoms with van der Waals surface area (Å²) in [6.07, 6.45) is 5.86. The van der Waals surface area contributed by atoms with Crippen LogP contribution in [0.15, 0.2) is 53.4 Å². The normalized spacial score (nSPS) is 26.4. The zero-order valence-electron chi connectivity index (χ0n) is 20.9. The summed E-state index contributed by atoms with van der Waals surface area (Å²) < 4.78 is 28.6. The molecule has 4 saturated carbocycles. The third-order valence-corrected chi connectivity index (χ3v) is 9.55. The van der Waals surface area contributed by atoms with Gasteiger partial charge in [0, 0.05) is 16.8 Å². The monoisotopic (exact) mass is 539 g/mol. The molecule has 2 aromatic rings. The molecule has 11 heteroatoms. The first-order valence-electron chi connectivity index (χ1n) is 12.9. The molecule has 4 fully saturated rings. The van der Waals surface area contributed by atoms with Crippen LogP contribution in [0.1, 0.15) is 56.6 Å². The van der Waals surface area contributed by atoms with Crippen molar-refractivity contribution in [2.24, 2.45) is 28.9 Å². The highest BCUT2D eigenvalue weighted by Crippen LogP contribution is 2.60. The number of carbonyl (C=O) groups excluding carboxylic acids is 1. The van der Waals surface area contributed by atoms with Crippen LogP contribution in [0, 0.1) is 28.6 Å². The molecule has 4 aliphatic carbocycles. The van der Waals surface area contributed by atoms with E-state index in [9.17, 15) is 23.1 Å². The first kappa shape index (κ1) is 26.0. The van der Waals surface area contributed by atoms with Crippen molar-refractivity contribution in [1.82, 2.24) is 5.32 Å². The number of carbonyl (C=O) groups is 2. The molecule has 0 radical (unpaired) electrons. The van der Waals surface area contributed by atoms with E-state index in [1.54, 1.807) is 30.3 Å². The van der Waals surface area contributed by atoms with E-state index in [4.69, 9.17) is 11.1 Å². The number of carboxylic acids is 1. The minimum Gasteiger partial charge on any atom is -0.481 e. The Morgan fingerprint density at radius 3 is 2.21 bits per heavy atom. The highest BCUT2D eigenvalue weighted by molar-refractivity contribution is 7.92. The standard InChI is InChI=1S/C27H33N5O5S/c28-26(29)30-20-4-2-6-22(11-20)38(36,37)32-21-5-1-3-19(10-21)23(12-24(33)34)31-25(35)27-13-16-7-17(14-27)9-18(8-16)15-27/h1-6,10-11,16-18,23,32H,7-9,12-15H2,(H,31,35)(H,33,34)(H4,28,29,30). The third kappa shape index (κ3) is 5.47. The topological polar surface area (TPSA) is 174 Å². The number of nitrogens with two attached hydrogens (primary N) is 1. The van der Waals surface area contributed by atoms with Crippen molar-refractivity contribution >= 4 is 39.2 Å². The molecule has 7 N–H and O–H groups in total. The van der Waals surface area contributed by atoms with Gasteiger partial charge in [0.05, 0.1) is 17.4 Å². The highest BCUT2D eigenvalue weighted by Gasteiger charge is 2.54. The van der Waals surface area contributed by atoms with Gasteiger partial charge in [-0.05, 0) is 92.2 Å². The Kier molecular flexibility index (Phi) is 6.81. The van der Waals surface area contributed by atoms with E-state index >= 15 is 0 Å². The van der Waals surface area contributed by atoms with Gasteiger partial charge < -0.3 is 21.5 Å². The number of hydrogen-bond donors (Lipinski definition) is 6. The predicted octanol–water partition coefficient (Wildman–Crippen LogP) is 3.64. The average Bonchev–Trinajstić information content (AvgIpc) is 2.82. The molecule has 1 amide bonds. The lowest BCUT2D eigenvalue weighted by molar-refractivity contribution is -0.147. The van der Waals surface area contributed by atoms with E-state index in [2.05, 4.69) is 15.4 Å². The molecule has 38 heavy (non-hydrogen) atoms. The lowest BCUT2D eigenvalue weighted by Crippen LogP contribution is -2.54. The molecule has 0 aliphatic heterocycles. The number of anilines is 2. The van der Waals surface area contributed by atoms with Crippen LogP contribution < -0.4 is 21.1 Å². The quantitative estimate of drug-likeness (QED) is 0.208. The van der Waals surface area contributed by atoms with Gasteiger partial charge in [0.25, 0.3) is 10.0 Å². The van der Waals surface area contributed by atoms with E-state index in [1.165, 1.54) is 37.5 Å². The van der Waals surface area contributed by atoms with Crippen molar-refractivity contribution in [3.05, 3.63) is 54.1 Å². The van der Waals surface area contributed by atoms with E-state index in [0.29, 0.717) is 29.0 Å². The number of carboxylic acid groups (broad SMARTS) is 1. The molecule has 1 unspecified atom stereocenters. The van der Waals surface area contributed by atoms with E-state index in [0.717, 1.165) is 19.3 Å². The molecule has 0 saturated heterocycles. The fourth-order valence-electron chi connectivity index (χ4n) is 7.06. The van der Waals surface area contributed by atoms with Crippen LogP contribution in [-0.2, 0) is 19.6 Å². The van der Waals surface area contributed by atoms with Crippen molar-refractivity contribution in [1.29, 1.82) is 5.41 Å². The highest BCUT2D eigenvalue weighted by atomic mass is 32.2. The molecule has 10 nitrogen and oxygen atoms in total. The molecule has 2 aromatic carbocycles. The maximum atomic E-state index is 13.6. The third-order valence-electron chi connectivity index (χ3n) is 8.17.